The smallest absolute Gasteiger partial charge is 0.163 e. The van der Waals surface area contributed by atoms with E-state index in [1.54, 1.807) is 0 Å². The van der Waals surface area contributed by atoms with Crippen molar-refractivity contribution < 1.29 is 4.42 Å². The van der Waals surface area contributed by atoms with Crippen LogP contribution in [-0.4, -0.2) is 24.1 Å². The maximum absolute atomic E-state index is 6.85. The molecule has 6 nitrogen and oxygen atoms in total. The molecule has 1 unspecified atom stereocenters. The van der Waals surface area contributed by atoms with Crippen molar-refractivity contribution >= 4 is 88.5 Å². The maximum Gasteiger partial charge on any atom is 0.163 e. The van der Waals surface area contributed by atoms with Gasteiger partial charge in [-0.2, -0.15) is 0 Å². The molecule has 65 heavy (non-hydrogen) atoms. The van der Waals surface area contributed by atoms with Crippen molar-refractivity contribution in [2.24, 2.45) is 0 Å². The summed E-state index contributed by atoms with van der Waals surface area (Å²) in [7, 11) is 0. The second-order valence-electron chi connectivity index (χ2n) is 17.1. The van der Waals surface area contributed by atoms with Crippen LogP contribution in [0.2, 0.25) is 0 Å². The van der Waals surface area contributed by atoms with Crippen molar-refractivity contribution in [1.82, 2.24) is 24.1 Å². The number of furan rings is 1. The largest absolute Gasteiger partial charge is 0.456 e. The number of benzene rings is 9. The summed E-state index contributed by atoms with van der Waals surface area (Å²) in [6.07, 6.45) is 5.40. The zero-order chi connectivity index (χ0) is 42.6. The molecule has 4 aromatic heterocycles. The summed E-state index contributed by atoms with van der Waals surface area (Å²) in [4.78, 5) is 15.6. The van der Waals surface area contributed by atoms with Crippen LogP contribution in [0.5, 0.6) is 0 Å². The molecule has 0 bridgehead atoms. The van der Waals surface area contributed by atoms with Crippen LogP contribution in [0.4, 0.5) is 0 Å². The topological polar surface area (TPSA) is 61.7 Å². The van der Waals surface area contributed by atoms with Crippen LogP contribution in [0, 0.1) is 0 Å². The third-order valence-corrected chi connectivity index (χ3v) is 13.4. The molecule has 9 aromatic carbocycles. The van der Waals surface area contributed by atoms with Crippen LogP contribution in [0.3, 0.4) is 0 Å². The Labute approximate surface area is 372 Å². The minimum atomic E-state index is 0.00150. The van der Waals surface area contributed by atoms with Gasteiger partial charge in [-0.15, -0.1) is 0 Å². The van der Waals surface area contributed by atoms with E-state index in [0.29, 0.717) is 11.6 Å². The molecule has 0 saturated carbocycles. The SMILES string of the molecule is C1=c2ccccc2=CC(c2nc(-c3ccc4ccccc4c3)nc(-c3ccc4c(c3)oc3cccc(-n5c6ccccc6c6ccc7c8ccccc8n(-c8ccccc8)c7c65)c34)n2)C1. The predicted molar refractivity (Wildman–Crippen MR) is 266 cm³/mol. The molecule has 4 heterocycles. The van der Waals surface area contributed by atoms with Gasteiger partial charge in [0.2, 0.25) is 0 Å². The van der Waals surface area contributed by atoms with Crippen LogP contribution < -0.4 is 10.4 Å². The van der Waals surface area contributed by atoms with E-state index in [0.717, 1.165) is 73.1 Å². The molecule has 304 valence electrons. The molecule has 0 spiro atoms. The Morgan fingerprint density at radius 3 is 1.88 bits per heavy atom. The van der Waals surface area contributed by atoms with Gasteiger partial charge in [-0.3, -0.25) is 0 Å². The Hall–Kier alpha value is -8.61. The van der Waals surface area contributed by atoms with E-state index in [-0.39, 0.29) is 5.92 Å². The average molecular weight is 832 g/mol. The molecule has 0 aliphatic heterocycles. The van der Waals surface area contributed by atoms with E-state index >= 15 is 0 Å². The number of para-hydroxylation sites is 3. The van der Waals surface area contributed by atoms with Crippen LogP contribution in [-0.2, 0) is 0 Å². The zero-order valence-electron chi connectivity index (χ0n) is 35.1. The molecule has 6 heteroatoms. The third-order valence-electron chi connectivity index (χ3n) is 13.4. The summed E-state index contributed by atoms with van der Waals surface area (Å²) in [5.74, 6) is 2.02. The molecule has 0 radical (unpaired) electrons. The van der Waals surface area contributed by atoms with Gasteiger partial charge in [0, 0.05) is 49.7 Å². The van der Waals surface area contributed by atoms with Crippen molar-refractivity contribution in [1.29, 1.82) is 0 Å². The first-order valence-corrected chi connectivity index (χ1v) is 22.2. The van der Waals surface area contributed by atoms with Gasteiger partial charge in [-0.05, 0) is 82.2 Å². The Kier molecular flexibility index (Phi) is 7.71. The highest BCUT2D eigenvalue weighted by atomic mass is 16.3. The quantitative estimate of drug-likeness (QED) is 0.173. The lowest BCUT2D eigenvalue weighted by Gasteiger charge is -2.15. The first-order chi connectivity index (χ1) is 32.2. The fourth-order valence-corrected chi connectivity index (χ4v) is 10.4. The molecule has 0 amide bonds. The summed E-state index contributed by atoms with van der Waals surface area (Å²) in [6.45, 7) is 0. The molecule has 0 saturated heterocycles. The van der Waals surface area contributed by atoms with Crippen LogP contribution >= 0.6 is 0 Å². The summed E-state index contributed by atoms with van der Waals surface area (Å²) >= 11 is 0. The predicted octanol–water partition coefficient (Wildman–Crippen LogP) is 13.2. The van der Waals surface area contributed by atoms with Gasteiger partial charge >= 0.3 is 0 Å². The van der Waals surface area contributed by atoms with Gasteiger partial charge in [0.15, 0.2) is 11.6 Å². The fraction of sp³-hybridized carbons (Fsp3) is 0.0339. The van der Waals surface area contributed by atoms with Gasteiger partial charge in [0.1, 0.15) is 17.0 Å². The van der Waals surface area contributed by atoms with Gasteiger partial charge in [-0.1, -0.05) is 152 Å². The Bertz CT molecular complexity index is 4230. The summed E-state index contributed by atoms with van der Waals surface area (Å²) in [5, 5.41) is 11.7. The van der Waals surface area contributed by atoms with Crippen molar-refractivity contribution in [3.05, 3.63) is 210 Å². The third kappa shape index (κ3) is 5.50. The second-order valence-corrected chi connectivity index (χ2v) is 17.1. The summed E-state index contributed by atoms with van der Waals surface area (Å²) in [5.41, 5.74) is 10.2. The fourth-order valence-electron chi connectivity index (χ4n) is 10.4. The van der Waals surface area contributed by atoms with Crippen molar-refractivity contribution in [3.63, 3.8) is 0 Å². The lowest BCUT2D eigenvalue weighted by molar-refractivity contribution is 0.669. The van der Waals surface area contributed by atoms with Gasteiger partial charge in [0.05, 0.1) is 33.1 Å². The van der Waals surface area contributed by atoms with Crippen LogP contribution in [0.15, 0.2) is 199 Å². The highest BCUT2D eigenvalue weighted by molar-refractivity contribution is 6.24. The van der Waals surface area contributed by atoms with Crippen molar-refractivity contribution in [3.8, 4) is 34.2 Å². The van der Waals surface area contributed by atoms with Crippen LogP contribution in [0.25, 0.3) is 123 Å². The lowest BCUT2D eigenvalue weighted by atomic mass is 9.96. The molecular formula is C59H37N5O. The number of fused-ring (bicyclic) bond motifs is 12. The first-order valence-electron chi connectivity index (χ1n) is 22.2. The Morgan fingerprint density at radius 2 is 1.08 bits per heavy atom. The number of rotatable bonds is 5. The van der Waals surface area contributed by atoms with E-state index in [1.165, 1.54) is 48.4 Å². The van der Waals surface area contributed by atoms with E-state index in [2.05, 4.69) is 215 Å². The van der Waals surface area contributed by atoms with E-state index in [1.807, 2.05) is 0 Å². The molecule has 1 aliphatic carbocycles. The number of aromatic nitrogens is 5. The molecule has 0 N–H and O–H groups in total. The van der Waals surface area contributed by atoms with Gasteiger partial charge in [0.25, 0.3) is 0 Å². The van der Waals surface area contributed by atoms with Gasteiger partial charge in [-0.25, -0.2) is 15.0 Å². The van der Waals surface area contributed by atoms with Crippen molar-refractivity contribution in [2.45, 2.75) is 12.3 Å². The summed E-state index contributed by atoms with van der Waals surface area (Å²) < 4.78 is 11.7. The minimum Gasteiger partial charge on any atom is -0.456 e. The molecule has 14 rings (SSSR count). The Morgan fingerprint density at radius 1 is 0.446 bits per heavy atom. The Balaban J connectivity index is 0.990. The summed E-state index contributed by atoms with van der Waals surface area (Å²) in [6, 6.07) is 69.0. The van der Waals surface area contributed by atoms with E-state index in [4.69, 9.17) is 19.4 Å². The number of hydrogen-bond donors (Lipinski definition) is 0. The standard InChI is InChI=1S/C59H37N5O/c1-2-17-43(18-3-1)63-49-21-10-8-19-44(49)46-31-32-47-45-20-9-11-22-50(45)64(56(47)55(46)63)51-23-12-24-52-54(51)48-30-29-42(35-53(48)65-52)59-61-57(40-27-25-36-13-4-6-15-38(36)33-40)60-58(62-59)41-28-26-37-14-5-7-16-39(37)34-41/h1-27,29-35,41H,28H2. The maximum atomic E-state index is 6.85. The minimum absolute atomic E-state index is 0.00150. The van der Waals surface area contributed by atoms with Crippen LogP contribution in [0.1, 0.15) is 18.2 Å². The number of nitrogens with zero attached hydrogens (tertiary/aromatic N) is 5. The molecular weight excluding hydrogens is 795 g/mol. The normalized spacial score (nSPS) is 13.9. The lowest BCUT2D eigenvalue weighted by Crippen LogP contribution is -2.28. The van der Waals surface area contributed by atoms with Gasteiger partial charge < -0.3 is 13.6 Å². The molecule has 1 atom stereocenters. The number of hydrogen-bond acceptors (Lipinski definition) is 4. The highest BCUT2D eigenvalue weighted by Gasteiger charge is 2.24. The highest BCUT2D eigenvalue weighted by Crippen LogP contribution is 2.44. The molecule has 0 fully saturated rings. The molecule has 13 aromatic rings. The zero-order valence-corrected chi connectivity index (χ0v) is 35.1. The average Bonchev–Trinajstić information content (AvgIpc) is 4.04. The molecule has 1 aliphatic rings. The monoisotopic (exact) mass is 831 g/mol. The second kappa shape index (κ2) is 13.9. The van der Waals surface area contributed by atoms with Crippen molar-refractivity contribution in [2.75, 3.05) is 0 Å². The van der Waals surface area contributed by atoms with E-state index < -0.39 is 0 Å². The van der Waals surface area contributed by atoms with E-state index in [9.17, 15) is 0 Å². The first kappa shape index (κ1) is 35.9.